The van der Waals surface area contributed by atoms with Crippen LogP contribution in [0.5, 0.6) is 0 Å². The minimum atomic E-state index is -0.0377. The van der Waals surface area contributed by atoms with E-state index >= 15 is 0 Å². The first-order chi connectivity index (χ1) is 8.22. The van der Waals surface area contributed by atoms with E-state index in [1.807, 2.05) is 11.8 Å². The number of amides is 1. The number of carbonyl (C=O) groups excluding carboxylic acids is 1. The second kappa shape index (κ2) is 7.63. The predicted octanol–water partition coefficient (Wildman–Crippen LogP) is 0.248. The highest BCUT2D eigenvalue weighted by Gasteiger charge is 2.29. The minimum absolute atomic E-state index is 0.0196. The molecule has 100 valence electrons. The highest BCUT2D eigenvalue weighted by atomic mass is 16.5. The van der Waals surface area contributed by atoms with Gasteiger partial charge >= 0.3 is 0 Å². The first kappa shape index (κ1) is 14.4. The first-order valence-electron chi connectivity index (χ1n) is 6.26. The van der Waals surface area contributed by atoms with Gasteiger partial charge in [0.05, 0.1) is 18.8 Å². The van der Waals surface area contributed by atoms with Crippen LogP contribution in [-0.4, -0.2) is 63.4 Å². The van der Waals surface area contributed by atoms with E-state index in [0.29, 0.717) is 13.2 Å². The normalized spacial score (nSPS) is 22.9. The Morgan fingerprint density at radius 2 is 2.29 bits per heavy atom. The second-order valence-electron chi connectivity index (χ2n) is 4.35. The predicted molar refractivity (Wildman–Crippen MR) is 66.0 cm³/mol. The van der Waals surface area contributed by atoms with E-state index in [-0.39, 0.29) is 18.1 Å². The van der Waals surface area contributed by atoms with Gasteiger partial charge in [0.15, 0.2) is 0 Å². The molecule has 0 radical (unpaired) electrons. The summed E-state index contributed by atoms with van der Waals surface area (Å²) in [6.07, 6.45) is 1.95. The highest BCUT2D eigenvalue weighted by molar-refractivity contribution is 5.82. The molecule has 0 aliphatic carbocycles. The van der Waals surface area contributed by atoms with Crippen molar-refractivity contribution < 1.29 is 14.3 Å². The molecular formula is C12H24N2O3. The number of likely N-dealkylation sites (tertiary alicyclic amines) is 1. The summed E-state index contributed by atoms with van der Waals surface area (Å²) in [6, 6.07) is -0.0196. The van der Waals surface area contributed by atoms with Gasteiger partial charge in [-0.3, -0.25) is 4.79 Å². The molecule has 1 heterocycles. The lowest BCUT2D eigenvalue weighted by atomic mass is 10.0. The van der Waals surface area contributed by atoms with Crippen molar-refractivity contribution in [2.75, 3.05) is 40.5 Å². The van der Waals surface area contributed by atoms with E-state index in [2.05, 4.69) is 5.32 Å². The van der Waals surface area contributed by atoms with Crippen molar-refractivity contribution in [3.05, 3.63) is 0 Å². The maximum Gasteiger partial charge on any atom is 0.239 e. The molecule has 17 heavy (non-hydrogen) atoms. The van der Waals surface area contributed by atoms with E-state index in [1.165, 1.54) is 0 Å². The van der Waals surface area contributed by atoms with Crippen LogP contribution in [0.3, 0.4) is 0 Å². The van der Waals surface area contributed by atoms with Crippen LogP contribution in [0.4, 0.5) is 0 Å². The van der Waals surface area contributed by atoms with Crippen LogP contribution < -0.4 is 5.32 Å². The number of likely N-dealkylation sites (N-methyl/N-ethyl adjacent to an activating group) is 1. The zero-order chi connectivity index (χ0) is 12.7. The fourth-order valence-corrected chi connectivity index (χ4v) is 2.18. The van der Waals surface area contributed by atoms with Crippen LogP contribution in [0.25, 0.3) is 0 Å². The van der Waals surface area contributed by atoms with Gasteiger partial charge in [-0.05, 0) is 19.4 Å². The number of rotatable bonds is 7. The molecule has 1 fully saturated rings. The molecule has 1 saturated heterocycles. The van der Waals surface area contributed by atoms with Gasteiger partial charge in [0.1, 0.15) is 0 Å². The maximum atomic E-state index is 12.1. The summed E-state index contributed by atoms with van der Waals surface area (Å²) >= 11 is 0. The Morgan fingerprint density at radius 1 is 1.53 bits per heavy atom. The standard InChI is InChI=1S/C12H24N2O3/c1-4-13-11-6-5-7-14(12(11)15)8-10(17-3)9-16-2/h10-11,13H,4-9H2,1-3H3. The Labute approximate surface area is 103 Å². The Morgan fingerprint density at radius 3 is 2.88 bits per heavy atom. The van der Waals surface area contributed by atoms with Gasteiger partial charge in [-0.2, -0.15) is 0 Å². The van der Waals surface area contributed by atoms with Crippen molar-refractivity contribution >= 4 is 5.91 Å². The molecule has 0 aromatic rings. The first-order valence-corrected chi connectivity index (χ1v) is 6.26. The lowest BCUT2D eigenvalue weighted by molar-refractivity contribution is -0.138. The zero-order valence-electron chi connectivity index (χ0n) is 11.1. The summed E-state index contributed by atoms with van der Waals surface area (Å²) < 4.78 is 10.4. The van der Waals surface area contributed by atoms with Crippen LogP contribution in [0, 0.1) is 0 Å². The third-order valence-electron chi connectivity index (χ3n) is 3.09. The summed E-state index contributed by atoms with van der Waals surface area (Å²) in [6.45, 7) is 4.81. The highest BCUT2D eigenvalue weighted by Crippen LogP contribution is 2.12. The average Bonchev–Trinajstić information content (AvgIpc) is 2.33. The van der Waals surface area contributed by atoms with E-state index in [4.69, 9.17) is 9.47 Å². The number of nitrogens with one attached hydrogen (secondary N) is 1. The lowest BCUT2D eigenvalue weighted by Crippen LogP contribution is -2.53. The SMILES string of the molecule is CCNC1CCCN(CC(COC)OC)C1=O. The molecular weight excluding hydrogens is 220 g/mol. The van der Waals surface area contributed by atoms with E-state index in [0.717, 1.165) is 25.9 Å². The fraction of sp³-hybridized carbons (Fsp3) is 0.917. The smallest absolute Gasteiger partial charge is 0.239 e. The van der Waals surface area contributed by atoms with E-state index < -0.39 is 0 Å². The van der Waals surface area contributed by atoms with Crippen LogP contribution in [-0.2, 0) is 14.3 Å². The monoisotopic (exact) mass is 244 g/mol. The van der Waals surface area contributed by atoms with Gasteiger partial charge in [-0.15, -0.1) is 0 Å². The number of ether oxygens (including phenoxy) is 2. The van der Waals surface area contributed by atoms with Gasteiger partial charge in [0.25, 0.3) is 0 Å². The minimum Gasteiger partial charge on any atom is -0.382 e. The number of carbonyl (C=O) groups is 1. The average molecular weight is 244 g/mol. The van der Waals surface area contributed by atoms with E-state index in [9.17, 15) is 4.79 Å². The summed E-state index contributed by atoms with van der Waals surface area (Å²) in [5.74, 6) is 0.191. The number of hydrogen-bond donors (Lipinski definition) is 1. The molecule has 0 spiro atoms. The summed E-state index contributed by atoms with van der Waals surface area (Å²) in [5, 5.41) is 3.22. The molecule has 1 aliphatic heterocycles. The Balaban J connectivity index is 2.48. The maximum absolute atomic E-state index is 12.1. The molecule has 2 unspecified atom stereocenters. The van der Waals surface area contributed by atoms with Crippen molar-refractivity contribution in [3.63, 3.8) is 0 Å². The summed E-state index contributed by atoms with van der Waals surface area (Å²) in [5.41, 5.74) is 0. The molecule has 1 amide bonds. The molecule has 0 aromatic carbocycles. The van der Waals surface area contributed by atoms with Crippen molar-refractivity contribution in [1.82, 2.24) is 10.2 Å². The number of methoxy groups -OCH3 is 2. The lowest BCUT2D eigenvalue weighted by Gasteiger charge is -2.34. The summed E-state index contributed by atoms with van der Waals surface area (Å²) in [4.78, 5) is 14.0. The van der Waals surface area contributed by atoms with Gasteiger partial charge < -0.3 is 19.7 Å². The van der Waals surface area contributed by atoms with Crippen molar-refractivity contribution in [2.45, 2.75) is 31.9 Å². The van der Waals surface area contributed by atoms with Gasteiger partial charge in [-0.1, -0.05) is 6.92 Å². The number of piperidine rings is 1. The molecule has 0 bridgehead atoms. The third-order valence-corrected chi connectivity index (χ3v) is 3.09. The Hall–Kier alpha value is -0.650. The fourth-order valence-electron chi connectivity index (χ4n) is 2.18. The third kappa shape index (κ3) is 4.26. The van der Waals surface area contributed by atoms with Crippen molar-refractivity contribution in [2.24, 2.45) is 0 Å². The molecule has 1 rings (SSSR count). The van der Waals surface area contributed by atoms with Gasteiger partial charge in [-0.25, -0.2) is 0 Å². The van der Waals surface area contributed by atoms with Crippen LogP contribution >= 0.6 is 0 Å². The van der Waals surface area contributed by atoms with Crippen LogP contribution in [0.1, 0.15) is 19.8 Å². The molecule has 0 aromatic heterocycles. The Kier molecular flexibility index (Phi) is 6.47. The molecule has 2 atom stereocenters. The van der Waals surface area contributed by atoms with E-state index in [1.54, 1.807) is 14.2 Å². The zero-order valence-corrected chi connectivity index (χ0v) is 11.1. The number of hydrogen-bond acceptors (Lipinski definition) is 4. The largest absolute Gasteiger partial charge is 0.382 e. The molecule has 5 heteroatoms. The molecule has 1 N–H and O–H groups in total. The summed E-state index contributed by atoms with van der Waals surface area (Å²) in [7, 11) is 3.30. The topological polar surface area (TPSA) is 50.8 Å². The Bertz CT molecular complexity index is 234. The quantitative estimate of drug-likeness (QED) is 0.697. The molecule has 1 aliphatic rings. The van der Waals surface area contributed by atoms with Crippen LogP contribution in [0.15, 0.2) is 0 Å². The van der Waals surface area contributed by atoms with Gasteiger partial charge in [0, 0.05) is 27.3 Å². The number of nitrogens with zero attached hydrogens (tertiary/aromatic N) is 1. The van der Waals surface area contributed by atoms with Gasteiger partial charge in [0.2, 0.25) is 5.91 Å². The molecule has 0 saturated carbocycles. The second-order valence-corrected chi connectivity index (χ2v) is 4.35. The molecule has 5 nitrogen and oxygen atoms in total. The van der Waals surface area contributed by atoms with Crippen molar-refractivity contribution in [3.8, 4) is 0 Å². The van der Waals surface area contributed by atoms with Crippen molar-refractivity contribution in [1.29, 1.82) is 0 Å². The van der Waals surface area contributed by atoms with Crippen LogP contribution in [0.2, 0.25) is 0 Å².